The van der Waals surface area contributed by atoms with E-state index in [0.29, 0.717) is 82.8 Å². The number of nitrogens with two attached hydrogens (primary N) is 2. The molecule has 5 aromatic rings. The largest absolute Gasteiger partial charge is 0.494 e. The van der Waals surface area contributed by atoms with Crippen LogP contribution in [0.2, 0.25) is 0 Å². The standard InChI is InChI=1S/C36H48N10O6.C7H10N2O/c1-5-40-28(17-23(2)37)34(49)43-36-42-26-18-24(22-47)19-29(50-4)31(26)46(36)11-7-6-10-45-32-27(41-35(45)39-3)20-25(33(38)48)21-30(32)52-14-8-9-44-12-15-51-16-13-44;1-3-9-7(5-10)4-6(2)8-9/h6-7,17-21,47H,5,8-16,22,37H2,1-4H3,(H2,38,48)(H,39,41)(H,42,43,49);4-5H,3H2,1-2H3/b7-6+,23-17-,40-28?;. The minimum atomic E-state index is -0.570. The number of allylic oxidation sites excluding steroid dienone is 3. The van der Waals surface area contributed by atoms with Gasteiger partial charge in [-0.15, -0.1) is 0 Å². The van der Waals surface area contributed by atoms with E-state index in [-0.39, 0.29) is 18.3 Å². The number of benzene rings is 2. The predicted octanol–water partition coefficient (Wildman–Crippen LogP) is 3.67. The number of fused-ring (bicyclic) bond motifs is 2. The number of carbonyl (C=O) groups excluding carboxylic acids is 3. The number of anilines is 2. The number of morpholine rings is 1. The second-order valence-electron chi connectivity index (χ2n) is 14.3. The Morgan fingerprint density at radius 2 is 1.66 bits per heavy atom. The maximum Gasteiger partial charge on any atom is 0.276 e. The minimum Gasteiger partial charge on any atom is -0.494 e. The number of amides is 2. The molecule has 1 fully saturated rings. The molecule has 19 heteroatoms. The first-order valence-corrected chi connectivity index (χ1v) is 20.5. The Bertz CT molecular complexity index is 2440. The van der Waals surface area contributed by atoms with E-state index in [1.807, 2.05) is 42.1 Å². The molecule has 7 N–H and O–H groups in total. The molecule has 0 unspecified atom stereocenters. The number of aliphatic hydroxyl groups excluding tert-OH is 1. The molecule has 3 aromatic heterocycles. The maximum atomic E-state index is 13.3. The van der Waals surface area contributed by atoms with E-state index >= 15 is 0 Å². The highest BCUT2D eigenvalue weighted by Gasteiger charge is 2.21. The lowest BCUT2D eigenvalue weighted by atomic mass is 10.1. The molecule has 1 aliphatic heterocycles. The highest BCUT2D eigenvalue weighted by atomic mass is 16.5. The Morgan fingerprint density at radius 3 is 2.26 bits per heavy atom. The van der Waals surface area contributed by atoms with Crippen LogP contribution in [0.5, 0.6) is 11.5 Å². The number of hydrogen-bond acceptors (Lipinski definition) is 14. The van der Waals surface area contributed by atoms with Crippen molar-refractivity contribution < 1.29 is 33.7 Å². The van der Waals surface area contributed by atoms with Crippen LogP contribution in [0.4, 0.5) is 11.9 Å². The highest BCUT2D eigenvalue weighted by molar-refractivity contribution is 6.47. The fourth-order valence-electron chi connectivity index (χ4n) is 6.96. The van der Waals surface area contributed by atoms with E-state index < -0.39 is 11.8 Å². The van der Waals surface area contributed by atoms with Crippen molar-refractivity contribution in [3.8, 4) is 11.5 Å². The molecule has 6 rings (SSSR count). The third kappa shape index (κ3) is 11.6. The van der Waals surface area contributed by atoms with Gasteiger partial charge in [-0.05, 0) is 76.1 Å². The number of aryl methyl sites for hydroxylation is 2. The molecule has 62 heavy (non-hydrogen) atoms. The average molecular weight is 855 g/mol. The van der Waals surface area contributed by atoms with Gasteiger partial charge in [-0.3, -0.25) is 34.3 Å². The van der Waals surface area contributed by atoms with Crippen LogP contribution in [0.15, 0.2) is 59.2 Å². The minimum absolute atomic E-state index is 0.171. The van der Waals surface area contributed by atoms with Gasteiger partial charge < -0.3 is 45.2 Å². The average Bonchev–Trinajstić information content (AvgIpc) is 3.95. The number of aliphatic imine (C=N–C) groups is 1. The number of methoxy groups -OCH3 is 1. The first kappa shape index (κ1) is 46.5. The molecule has 2 amide bonds. The van der Waals surface area contributed by atoms with Gasteiger partial charge >= 0.3 is 0 Å². The molecule has 1 saturated heterocycles. The van der Waals surface area contributed by atoms with Crippen LogP contribution >= 0.6 is 0 Å². The summed E-state index contributed by atoms with van der Waals surface area (Å²) >= 11 is 0. The number of aldehydes is 1. The number of nitrogens with one attached hydrogen (secondary N) is 2. The van der Waals surface area contributed by atoms with Gasteiger partial charge in [-0.1, -0.05) is 12.2 Å². The van der Waals surface area contributed by atoms with Gasteiger partial charge in [0.05, 0.1) is 50.3 Å². The number of ether oxygens (including phenoxy) is 3. The van der Waals surface area contributed by atoms with Crippen molar-refractivity contribution in [3.63, 3.8) is 0 Å². The van der Waals surface area contributed by atoms with E-state index in [9.17, 15) is 19.5 Å². The van der Waals surface area contributed by atoms with Crippen molar-refractivity contribution in [1.29, 1.82) is 0 Å². The molecule has 0 aliphatic carbocycles. The van der Waals surface area contributed by atoms with Gasteiger partial charge in [0, 0.05) is 64.1 Å². The molecular formula is C43H58N12O7. The fourth-order valence-corrected chi connectivity index (χ4v) is 6.96. The van der Waals surface area contributed by atoms with Crippen LogP contribution in [0.1, 0.15) is 59.3 Å². The van der Waals surface area contributed by atoms with Gasteiger partial charge in [0.2, 0.25) is 17.8 Å². The first-order chi connectivity index (χ1) is 29.9. The molecule has 0 spiro atoms. The number of primary amides is 1. The summed E-state index contributed by atoms with van der Waals surface area (Å²) in [6, 6.07) is 8.59. The Hall–Kier alpha value is -6.57. The number of nitrogens with zero attached hydrogens (tertiary/aromatic N) is 8. The van der Waals surface area contributed by atoms with Gasteiger partial charge in [0.25, 0.3) is 5.91 Å². The summed E-state index contributed by atoms with van der Waals surface area (Å²) in [4.78, 5) is 52.0. The molecular weight excluding hydrogens is 797 g/mol. The van der Waals surface area contributed by atoms with Gasteiger partial charge in [0.15, 0.2) is 6.29 Å². The zero-order valence-electron chi connectivity index (χ0n) is 36.3. The summed E-state index contributed by atoms with van der Waals surface area (Å²) in [5.41, 5.74) is 17.1. The molecule has 0 bridgehead atoms. The SMILES string of the molecule is CCN=C(/C=C(/C)N)C(=O)Nc1nc2cc(CO)cc(OC)c2n1C/C=C/Cn1c(NC)nc2cc(C(N)=O)cc(OCCCN3CCOCC3)c21.CCn1nc(C)cc1C=O. The summed E-state index contributed by atoms with van der Waals surface area (Å²) < 4.78 is 22.9. The Balaban J connectivity index is 0.000000637. The predicted molar refractivity (Wildman–Crippen MR) is 239 cm³/mol. The first-order valence-electron chi connectivity index (χ1n) is 20.5. The zero-order chi connectivity index (χ0) is 44.8. The molecule has 4 heterocycles. The Kier molecular flexibility index (Phi) is 16.7. The molecule has 0 atom stereocenters. The third-order valence-corrected chi connectivity index (χ3v) is 9.81. The maximum absolute atomic E-state index is 13.3. The number of rotatable bonds is 19. The van der Waals surface area contributed by atoms with Crippen LogP contribution in [0.25, 0.3) is 22.1 Å². The van der Waals surface area contributed by atoms with Gasteiger partial charge in [-0.25, -0.2) is 9.97 Å². The summed E-state index contributed by atoms with van der Waals surface area (Å²) in [5, 5.41) is 20.0. The van der Waals surface area contributed by atoms with E-state index in [1.54, 1.807) is 49.0 Å². The topological polar surface area (TPSA) is 244 Å². The molecule has 19 nitrogen and oxygen atoms in total. The summed E-state index contributed by atoms with van der Waals surface area (Å²) in [6.45, 7) is 13.5. The van der Waals surface area contributed by atoms with Crippen LogP contribution in [-0.4, -0.2) is 123 Å². The molecule has 0 radical (unpaired) electrons. The Labute approximate surface area is 360 Å². The van der Waals surface area contributed by atoms with Crippen molar-refractivity contribution >= 4 is 57.8 Å². The summed E-state index contributed by atoms with van der Waals surface area (Å²) in [5.74, 6) is 0.800. The molecule has 1 aliphatic rings. The Morgan fingerprint density at radius 1 is 0.984 bits per heavy atom. The summed E-state index contributed by atoms with van der Waals surface area (Å²) in [6.07, 6.45) is 7.03. The molecule has 0 saturated carbocycles. The van der Waals surface area contributed by atoms with Gasteiger partial charge in [0.1, 0.15) is 33.9 Å². The van der Waals surface area contributed by atoms with E-state index in [1.165, 1.54) is 13.2 Å². The number of hydrogen-bond donors (Lipinski definition) is 5. The van der Waals surface area contributed by atoms with Crippen molar-refractivity contribution in [3.05, 3.63) is 76.8 Å². The van der Waals surface area contributed by atoms with Crippen LogP contribution in [0.3, 0.4) is 0 Å². The normalized spacial score (nSPS) is 13.7. The van der Waals surface area contributed by atoms with Crippen molar-refractivity contribution in [2.75, 3.05) is 70.8 Å². The van der Waals surface area contributed by atoms with Gasteiger partial charge in [-0.2, -0.15) is 5.10 Å². The van der Waals surface area contributed by atoms with E-state index in [0.717, 1.165) is 63.3 Å². The molecule has 2 aromatic carbocycles. The number of aliphatic hydroxyl groups is 1. The van der Waals surface area contributed by atoms with E-state index in [2.05, 4.69) is 25.6 Å². The summed E-state index contributed by atoms with van der Waals surface area (Å²) in [7, 11) is 3.31. The zero-order valence-corrected chi connectivity index (χ0v) is 36.3. The lowest BCUT2D eigenvalue weighted by molar-refractivity contribution is -0.110. The number of imidazole rings is 2. The lowest BCUT2D eigenvalue weighted by Gasteiger charge is -2.26. The second kappa shape index (κ2) is 22.3. The third-order valence-electron chi connectivity index (χ3n) is 9.81. The van der Waals surface area contributed by atoms with Crippen LogP contribution in [-0.2, 0) is 35.8 Å². The van der Waals surface area contributed by atoms with Crippen LogP contribution in [0, 0.1) is 6.92 Å². The van der Waals surface area contributed by atoms with Crippen molar-refractivity contribution in [1.82, 2.24) is 33.8 Å². The number of aromatic nitrogens is 6. The quantitative estimate of drug-likeness (QED) is 0.0345. The van der Waals surface area contributed by atoms with Crippen molar-refractivity contribution in [2.45, 2.75) is 60.4 Å². The van der Waals surface area contributed by atoms with E-state index in [4.69, 9.17) is 35.6 Å². The second-order valence-corrected chi connectivity index (χ2v) is 14.3. The van der Waals surface area contributed by atoms with Crippen molar-refractivity contribution in [2.24, 2.45) is 16.5 Å². The smallest absolute Gasteiger partial charge is 0.276 e. The fraction of sp³-hybridized carbons (Fsp3) is 0.419. The number of carbonyl (C=O) groups is 3. The lowest BCUT2D eigenvalue weighted by Crippen LogP contribution is -2.37. The highest BCUT2D eigenvalue weighted by Crippen LogP contribution is 2.33. The molecule has 332 valence electrons. The van der Waals surface area contributed by atoms with Crippen LogP contribution < -0.4 is 31.6 Å². The monoisotopic (exact) mass is 854 g/mol.